The number of aromatic nitrogens is 1. The number of hydrogen-bond acceptors (Lipinski definition) is 7. The van der Waals surface area contributed by atoms with Gasteiger partial charge in [0.25, 0.3) is 0 Å². The van der Waals surface area contributed by atoms with Crippen LogP contribution in [-0.2, 0) is 9.59 Å². The van der Waals surface area contributed by atoms with Gasteiger partial charge in [-0.15, -0.1) is 0 Å². The van der Waals surface area contributed by atoms with Crippen LogP contribution in [0.3, 0.4) is 0 Å². The third kappa shape index (κ3) is 6.98. The summed E-state index contributed by atoms with van der Waals surface area (Å²) in [6.45, 7) is 4.66. The Hall–Kier alpha value is -4.72. The van der Waals surface area contributed by atoms with Gasteiger partial charge >= 0.3 is 0 Å². The number of hydrogen-bond donors (Lipinski definition) is 1. The quantitative estimate of drug-likeness (QED) is 0.171. The maximum Gasteiger partial charge on any atom is 0.225 e. The van der Waals surface area contributed by atoms with E-state index in [0.29, 0.717) is 48.1 Å². The Morgan fingerprint density at radius 3 is 2.33 bits per heavy atom. The molecule has 0 aliphatic carbocycles. The summed E-state index contributed by atoms with van der Waals surface area (Å²) in [5, 5.41) is 3.76. The van der Waals surface area contributed by atoms with E-state index in [1.807, 2.05) is 56.3 Å². The summed E-state index contributed by atoms with van der Waals surface area (Å²) < 4.78 is 16.5. The fourth-order valence-electron chi connectivity index (χ4n) is 4.14. The van der Waals surface area contributed by atoms with Gasteiger partial charge in [0.05, 0.1) is 18.7 Å². The first-order valence-electron chi connectivity index (χ1n) is 12.8. The number of carbonyl (C=O) groups is 3. The molecule has 1 N–H and O–H groups in total. The van der Waals surface area contributed by atoms with Crippen LogP contribution in [0, 0.1) is 0 Å². The van der Waals surface area contributed by atoms with E-state index in [4.69, 9.17) is 14.2 Å². The van der Waals surface area contributed by atoms with Gasteiger partial charge in [0, 0.05) is 23.8 Å². The molecule has 0 saturated heterocycles. The molecule has 0 aliphatic heterocycles. The fourth-order valence-corrected chi connectivity index (χ4v) is 4.14. The number of para-hydroxylation sites is 1. The van der Waals surface area contributed by atoms with Crippen LogP contribution in [-0.4, -0.2) is 42.8 Å². The average molecular weight is 527 g/mol. The van der Waals surface area contributed by atoms with Crippen LogP contribution in [0.2, 0.25) is 0 Å². The minimum Gasteiger partial charge on any atom is -0.490 e. The van der Waals surface area contributed by atoms with Gasteiger partial charge in [-0.05, 0) is 67.4 Å². The van der Waals surface area contributed by atoms with E-state index in [0.717, 1.165) is 22.0 Å². The molecule has 0 atom stereocenters. The van der Waals surface area contributed by atoms with Gasteiger partial charge < -0.3 is 19.5 Å². The van der Waals surface area contributed by atoms with Gasteiger partial charge in [0.2, 0.25) is 5.91 Å². The molecule has 8 heteroatoms. The molecule has 1 heterocycles. The van der Waals surface area contributed by atoms with Gasteiger partial charge in [0.1, 0.15) is 18.2 Å². The molecular formula is C31H30N2O6. The second kappa shape index (κ2) is 13.2. The maximum atomic E-state index is 12.8. The molecule has 8 nitrogen and oxygen atoms in total. The van der Waals surface area contributed by atoms with Crippen molar-refractivity contribution >= 4 is 34.7 Å². The predicted molar refractivity (Wildman–Crippen MR) is 150 cm³/mol. The Labute approximate surface area is 226 Å². The van der Waals surface area contributed by atoms with Crippen LogP contribution < -0.4 is 19.5 Å². The average Bonchev–Trinajstić information content (AvgIpc) is 2.96. The summed E-state index contributed by atoms with van der Waals surface area (Å²) in [6, 6.07) is 21.9. The summed E-state index contributed by atoms with van der Waals surface area (Å²) >= 11 is 0. The van der Waals surface area contributed by atoms with Crippen LogP contribution in [0.15, 0.2) is 72.8 Å². The molecule has 4 rings (SSSR count). The molecule has 39 heavy (non-hydrogen) atoms. The second-order valence-electron chi connectivity index (χ2n) is 8.57. The van der Waals surface area contributed by atoms with Crippen LogP contribution in [0.25, 0.3) is 22.0 Å². The fraction of sp³-hybridized carbons (Fsp3) is 0.226. The summed E-state index contributed by atoms with van der Waals surface area (Å²) in [5.74, 6) is 1.58. The standard InChI is InChI=1S/C31H30N2O6/c1-3-37-28-15-11-22(19-29(28)38-4-2)27(35)14-16-31(36)33-30-20-25(24-7-5-6-8-26(24)32-30)21-9-12-23(13-10-21)39-18-17-34/h5-13,15,17,19-20H,3-4,14,16,18H2,1-2H3,(H,32,33,36). The van der Waals surface area contributed by atoms with Crippen molar-refractivity contribution in [2.24, 2.45) is 0 Å². The highest BCUT2D eigenvalue weighted by Gasteiger charge is 2.15. The molecule has 3 aromatic carbocycles. The smallest absolute Gasteiger partial charge is 0.225 e. The van der Waals surface area contributed by atoms with E-state index in [1.165, 1.54) is 0 Å². The van der Waals surface area contributed by atoms with Crippen LogP contribution in [0.1, 0.15) is 37.0 Å². The van der Waals surface area contributed by atoms with Crippen molar-refractivity contribution < 1.29 is 28.6 Å². The first kappa shape index (κ1) is 27.3. The lowest BCUT2D eigenvalue weighted by atomic mass is 10.0. The number of rotatable bonds is 13. The van der Waals surface area contributed by atoms with Crippen molar-refractivity contribution in [1.29, 1.82) is 0 Å². The molecule has 0 bridgehead atoms. The van der Waals surface area contributed by atoms with Gasteiger partial charge in [-0.1, -0.05) is 30.3 Å². The Bertz CT molecular complexity index is 1470. The van der Waals surface area contributed by atoms with Crippen LogP contribution in [0.5, 0.6) is 17.2 Å². The number of Topliss-reactive ketones (excluding diaryl/α,β-unsaturated/α-hetero) is 1. The molecule has 0 radical (unpaired) electrons. The number of pyridine rings is 1. The molecule has 0 unspecified atom stereocenters. The lowest BCUT2D eigenvalue weighted by Gasteiger charge is -2.12. The Kier molecular flexibility index (Phi) is 9.24. The van der Waals surface area contributed by atoms with E-state index in [9.17, 15) is 14.4 Å². The molecular weight excluding hydrogens is 496 g/mol. The number of ketones is 1. The van der Waals surface area contributed by atoms with Crippen LogP contribution >= 0.6 is 0 Å². The summed E-state index contributed by atoms with van der Waals surface area (Å²) in [5.41, 5.74) is 2.96. The minimum atomic E-state index is -0.314. The highest BCUT2D eigenvalue weighted by molar-refractivity contribution is 6.02. The van der Waals surface area contributed by atoms with E-state index < -0.39 is 0 Å². The second-order valence-corrected chi connectivity index (χ2v) is 8.57. The lowest BCUT2D eigenvalue weighted by Crippen LogP contribution is -2.14. The number of amides is 1. The normalized spacial score (nSPS) is 10.6. The number of nitrogens with zero attached hydrogens (tertiary/aromatic N) is 1. The minimum absolute atomic E-state index is 0.00260. The molecule has 0 saturated carbocycles. The largest absolute Gasteiger partial charge is 0.490 e. The molecule has 200 valence electrons. The number of ether oxygens (including phenoxy) is 3. The number of carbonyl (C=O) groups excluding carboxylic acids is 3. The zero-order valence-corrected chi connectivity index (χ0v) is 21.9. The summed E-state index contributed by atoms with van der Waals surface area (Å²) in [4.78, 5) is 40.8. The number of anilines is 1. The van der Waals surface area contributed by atoms with Crippen molar-refractivity contribution in [2.45, 2.75) is 26.7 Å². The van der Waals surface area contributed by atoms with E-state index in [-0.39, 0.29) is 31.1 Å². The molecule has 0 aliphatic rings. The lowest BCUT2D eigenvalue weighted by molar-refractivity contribution is -0.116. The van der Waals surface area contributed by atoms with Crippen molar-refractivity contribution in [3.8, 4) is 28.4 Å². The van der Waals surface area contributed by atoms with Crippen molar-refractivity contribution in [2.75, 3.05) is 25.1 Å². The maximum absolute atomic E-state index is 12.8. The van der Waals surface area contributed by atoms with E-state index >= 15 is 0 Å². The van der Waals surface area contributed by atoms with Gasteiger partial charge in [-0.3, -0.25) is 14.4 Å². The first-order chi connectivity index (χ1) is 19.0. The molecule has 0 spiro atoms. The molecule has 4 aromatic rings. The van der Waals surface area contributed by atoms with E-state index in [1.54, 1.807) is 30.3 Å². The highest BCUT2D eigenvalue weighted by atomic mass is 16.5. The Morgan fingerprint density at radius 2 is 1.59 bits per heavy atom. The topological polar surface area (TPSA) is 104 Å². The Morgan fingerprint density at radius 1 is 0.846 bits per heavy atom. The zero-order valence-electron chi connectivity index (χ0n) is 21.9. The molecule has 1 amide bonds. The molecule has 0 fully saturated rings. The zero-order chi connectivity index (χ0) is 27.6. The third-order valence-corrected chi connectivity index (χ3v) is 5.91. The van der Waals surface area contributed by atoms with Gasteiger partial charge in [0.15, 0.2) is 23.6 Å². The first-order valence-corrected chi connectivity index (χ1v) is 12.8. The van der Waals surface area contributed by atoms with Gasteiger partial charge in [-0.25, -0.2) is 4.98 Å². The third-order valence-electron chi connectivity index (χ3n) is 5.91. The van der Waals surface area contributed by atoms with Crippen molar-refractivity contribution in [3.63, 3.8) is 0 Å². The molecule has 1 aromatic heterocycles. The van der Waals surface area contributed by atoms with Crippen molar-refractivity contribution in [3.05, 3.63) is 78.4 Å². The van der Waals surface area contributed by atoms with Crippen molar-refractivity contribution in [1.82, 2.24) is 4.98 Å². The monoisotopic (exact) mass is 526 g/mol. The highest BCUT2D eigenvalue weighted by Crippen LogP contribution is 2.32. The number of fused-ring (bicyclic) bond motifs is 1. The number of benzene rings is 3. The summed E-state index contributed by atoms with van der Waals surface area (Å²) in [7, 11) is 0. The number of aldehydes is 1. The van der Waals surface area contributed by atoms with Gasteiger partial charge in [-0.2, -0.15) is 0 Å². The number of nitrogens with one attached hydrogen (secondary N) is 1. The SMILES string of the molecule is CCOc1ccc(C(=O)CCC(=O)Nc2cc(-c3ccc(OCC=O)cc3)c3ccccc3n2)cc1OCC. The van der Waals surface area contributed by atoms with E-state index in [2.05, 4.69) is 10.3 Å². The predicted octanol–water partition coefficient (Wildman–Crippen LogP) is 5.88. The summed E-state index contributed by atoms with van der Waals surface area (Å²) in [6.07, 6.45) is 0.736. The Balaban J connectivity index is 1.47. The van der Waals surface area contributed by atoms with Crippen LogP contribution in [0.4, 0.5) is 5.82 Å².